The largest absolute Gasteiger partial charge is 0.416 e. The van der Waals surface area contributed by atoms with Gasteiger partial charge in [0.05, 0.1) is 11.3 Å². The van der Waals surface area contributed by atoms with Gasteiger partial charge in [0.25, 0.3) is 5.91 Å². The highest BCUT2D eigenvalue weighted by molar-refractivity contribution is 5.94. The second kappa shape index (κ2) is 9.63. The molecule has 2 N–H and O–H groups in total. The Morgan fingerprint density at radius 1 is 1.06 bits per heavy atom. The molecule has 0 radical (unpaired) electrons. The van der Waals surface area contributed by atoms with Crippen LogP contribution >= 0.6 is 0 Å². The van der Waals surface area contributed by atoms with Crippen LogP contribution in [0.1, 0.15) is 47.4 Å². The molecule has 3 aromatic rings. The Kier molecular flexibility index (Phi) is 6.94. The van der Waals surface area contributed by atoms with Crippen molar-refractivity contribution in [3.63, 3.8) is 0 Å². The number of hydrogen-bond donors (Lipinski definition) is 2. The number of rotatable bonds is 8. The van der Waals surface area contributed by atoms with E-state index in [-0.39, 0.29) is 23.9 Å². The number of imidazole rings is 1. The molecule has 2 heterocycles. The minimum Gasteiger partial charge on any atom is -0.351 e. The monoisotopic (exact) mass is 432 g/mol. The average molecular weight is 432 g/mol. The van der Waals surface area contributed by atoms with Crippen molar-refractivity contribution in [3.05, 3.63) is 65.6 Å². The van der Waals surface area contributed by atoms with E-state index < -0.39 is 11.7 Å². The summed E-state index contributed by atoms with van der Waals surface area (Å²) in [6, 6.07) is 10.1. The number of fused-ring (bicyclic) bond motifs is 1. The van der Waals surface area contributed by atoms with E-state index in [4.69, 9.17) is 0 Å². The summed E-state index contributed by atoms with van der Waals surface area (Å²) >= 11 is 0. The topological polar surface area (TPSA) is 75.5 Å². The molecule has 31 heavy (non-hydrogen) atoms. The number of nitrogens with one attached hydrogen (secondary N) is 2. The Morgan fingerprint density at radius 3 is 2.65 bits per heavy atom. The van der Waals surface area contributed by atoms with Crippen LogP contribution in [0.15, 0.2) is 48.7 Å². The highest BCUT2D eigenvalue weighted by atomic mass is 19.4. The third kappa shape index (κ3) is 5.84. The van der Waals surface area contributed by atoms with E-state index in [2.05, 4.69) is 15.6 Å². The fraction of sp³-hybridized carbons (Fsp3) is 0.318. The van der Waals surface area contributed by atoms with Gasteiger partial charge in [0.1, 0.15) is 11.3 Å². The van der Waals surface area contributed by atoms with Gasteiger partial charge < -0.3 is 10.6 Å². The number of carbonyl (C=O) groups is 2. The van der Waals surface area contributed by atoms with Crippen molar-refractivity contribution in [2.24, 2.45) is 0 Å². The maximum atomic E-state index is 12.7. The predicted octanol–water partition coefficient (Wildman–Crippen LogP) is 4.59. The maximum absolute atomic E-state index is 12.7. The lowest BCUT2D eigenvalue weighted by Gasteiger charge is -2.10. The fourth-order valence-corrected chi connectivity index (χ4v) is 3.26. The minimum atomic E-state index is -4.45. The van der Waals surface area contributed by atoms with Crippen molar-refractivity contribution in [2.75, 3.05) is 11.9 Å². The molecule has 0 aliphatic heterocycles. The Hall–Kier alpha value is -3.36. The van der Waals surface area contributed by atoms with Gasteiger partial charge in [-0.3, -0.25) is 14.0 Å². The summed E-state index contributed by atoms with van der Waals surface area (Å²) in [6.07, 6.45) is -0.535. The van der Waals surface area contributed by atoms with Gasteiger partial charge in [-0.25, -0.2) is 4.98 Å². The van der Waals surface area contributed by atoms with Gasteiger partial charge in [-0.2, -0.15) is 13.2 Å². The number of unbranched alkanes of at least 4 members (excludes halogenated alkanes) is 2. The van der Waals surface area contributed by atoms with Gasteiger partial charge >= 0.3 is 6.18 Å². The Morgan fingerprint density at radius 2 is 1.87 bits per heavy atom. The van der Waals surface area contributed by atoms with Crippen molar-refractivity contribution in [3.8, 4) is 0 Å². The summed E-state index contributed by atoms with van der Waals surface area (Å²) in [5, 5.41) is 5.35. The lowest BCUT2D eigenvalue weighted by molar-refractivity contribution is -0.137. The van der Waals surface area contributed by atoms with Gasteiger partial charge in [-0.15, -0.1) is 0 Å². The summed E-state index contributed by atoms with van der Waals surface area (Å²) in [5.74, 6) is -0.553. The molecule has 0 atom stereocenters. The molecule has 0 fully saturated rings. The molecule has 1 aromatic carbocycles. The third-order valence-corrected chi connectivity index (χ3v) is 4.76. The first-order valence-corrected chi connectivity index (χ1v) is 9.94. The van der Waals surface area contributed by atoms with Crippen molar-refractivity contribution >= 4 is 23.1 Å². The number of aromatic nitrogens is 2. The maximum Gasteiger partial charge on any atom is 0.416 e. The average Bonchev–Trinajstić information content (AvgIpc) is 3.05. The lowest BCUT2D eigenvalue weighted by Crippen LogP contribution is -2.26. The summed E-state index contributed by atoms with van der Waals surface area (Å²) < 4.78 is 39.9. The van der Waals surface area contributed by atoms with E-state index in [9.17, 15) is 22.8 Å². The molecule has 2 amide bonds. The Bertz CT molecular complexity index is 1080. The second-order valence-corrected chi connectivity index (χ2v) is 7.17. The molecule has 9 heteroatoms. The normalized spacial score (nSPS) is 11.5. The number of nitrogens with zero attached hydrogens (tertiary/aromatic N) is 2. The Balaban J connectivity index is 1.38. The van der Waals surface area contributed by atoms with Crippen molar-refractivity contribution < 1.29 is 22.8 Å². The zero-order chi connectivity index (χ0) is 22.4. The summed E-state index contributed by atoms with van der Waals surface area (Å²) in [6.45, 7) is 2.23. The lowest BCUT2D eigenvalue weighted by atomic mass is 10.1. The van der Waals surface area contributed by atoms with Crippen LogP contribution in [-0.2, 0) is 11.0 Å². The van der Waals surface area contributed by atoms with Crippen LogP contribution in [0.3, 0.4) is 0 Å². The molecule has 0 saturated heterocycles. The van der Waals surface area contributed by atoms with E-state index >= 15 is 0 Å². The second-order valence-electron chi connectivity index (χ2n) is 7.17. The minimum absolute atomic E-state index is 0.121. The van der Waals surface area contributed by atoms with Gasteiger partial charge in [0.15, 0.2) is 0 Å². The van der Waals surface area contributed by atoms with Gasteiger partial charge in [-0.1, -0.05) is 18.6 Å². The Labute approximate surface area is 177 Å². The number of halogens is 3. The first-order valence-electron chi connectivity index (χ1n) is 9.94. The molecule has 0 spiro atoms. The molecule has 6 nitrogen and oxygen atoms in total. The first kappa shape index (κ1) is 22.3. The van der Waals surface area contributed by atoms with Crippen LogP contribution in [0, 0.1) is 6.92 Å². The van der Waals surface area contributed by atoms with Crippen LogP contribution in [0.2, 0.25) is 0 Å². The van der Waals surface area contributed by atoms with E-state index in [0.717, 1.165) is 12.1 Å². The van der Waals surface area contributed by atoms with Crippen molar-refractivity contribution in [1.82, 2.24) is 14.7 Å². The van der Waals surface area contributed by atoms with Crippen LogP contribution in [-0.4, -0.2) is 27.7 Å². The number of carbonyl (C=O) groups excluding carboxylic acids is 2. The molecular formula is C22H23F3N4O2. The fourth-order valence-electron chi connectivity index (χ4n) is 3.26. The number of alkyl halides is 3. The number of benzene rings is 1. The van der Waals surface area contributed by atoms with Gasteiger partial charge in [0.2, 0.25) is 5.91 Å². The number of hydrogen-bond acceptors (Lipinski definition) is 3. The van der Waals surface area contributed by atoms with E-state index in [1.807, 2.05) is 18.2 Å². The van der Waals surface area contributed by atoms with Crippen LogP contribution in [0.5, 0.6) is 0 Å². The van der Waals surface area contributed by atoms with Crippen LogP contribution < -0.4 is 10.6 Å². The molecule has 164 valence electrons. The third-order valence-electron chi connectivity index (χ3n) is 4.76. The van der Waals surface area contributed by atoms with Gasteiger partial charge in [0, 0.05) is 24.8 Å². The zero-order valence-corrected chi connectivity index (χ0v) is 17.0. The van der Waals surface area contributed by atoms with E-state index in [1.54, 1.807) is 17.5 Å². The van der Waals surface area contributed by atoms with E-state index in [0.29, 0.717) is 42.8 Å². The molecule has 0 bridgehead atoms. The number of amides is 2. The molecule has 0 unspecified atom stereocenters. The number of aryl methyl sites for hydroxylation is 1. The number of pyridine rings is 1. The highest BCUT2D eigenvalue weighted by Gasteiger charge is 2.30. The highest BCUT2D eigenvalue weighted by Crippen LogP contribution is 2.30. The van der Waals surface area contributed by atoms with Crippen LogP contribution in [0.25, 0.3) is 5.65 Å². The van der Waals surface area contributed by atoms with Gasteiger partial charge in [-0.05, 0) is 50.1 Å². The molecular weight excluding hydrogens is 409 g/mol. The molecule has 0 aliphatic carbocycles. The molecule has 2 aromatic heterocycles. The van der Waals surface area contributed by atoms with Crippen molar-refractivity contribution in [2.45, 2.75) is 38.8 Å². The quantitative estimate of drug-likeness (QED) is 0.511. The predicted molar refractivity (Wildman–Crippen MR) is 111 cm³/mol. The zero-order valence-electron chi connectivity index (χ0n) is 17.0. The molecule has 0 saturated carbocycles. The van der Waals surface area contributed by atoms with Crippen LogP contribution in [0.4, 0.5) is 18.9 Å². The molecule has 0 aliphatic rings. The summed E-state index contributed by atoms with van der Waals surface area (Å²) in [5.41, 5.74) is 1.17. The van der Waals surface area contributed by atoms with E-state index in [1.165, 1.54) is 12.1 Å². The SMILES string of the molecule is Cc1nc2ccccn2c1C(=O)NCCCCCC(=O)Nc1cccc(C(F)(F)F)c1. The first-order chi connectivity index (χ1) is 14.8. The van der Waals surface area contributed by atoms with Crippen molar-refractivity contribution in [1.29, 1.82) is 0 Å². The summed E-state index contributed by atoms with van der Waals surface area (Å²) in [4.78, 5) is 28.8. The smallest absolute Gasteiger partial charge is 0.351 e. The molecule has 3 rings (SSSR count). The number of anilines is 1. The summed E-state index contributed by atoms with van der Waals surface area (Å²) in [7, 11) is 0. The standard InChI is InChI=1S/C22H23F3N4O2/c1-15-20(29-13-6-4-10-18(29)27-15)21(31)26-12-5-2-3-11-19(30)28-17-9-7-8-16(14-17)22(23,24)25/h4,6-10,13-14H,2-3,5,11-12H2,1H3,(H,26,31)(H,28,30).